The molecule has 2 N–H and O–H groups in total. The lowest BCUT2D eigenvalue weighted by Gasteiger charge is -2.11. The van der Waals surface area contributed by atoms with Gasteiger partial charge in [0.05, 0.1) is 4.47 Å². The average molecular weight is 274 g/mol. The normalized spacial score (nSPS) is 10.7. The summed E-state index contributed by atoms with van der Waals surface area (Å²) in [5.74, 6) is -0.116. The van der Waals surface area contributed by atoms with Crippen LogP contribution in [0.3, 0.4) is 0 Å². The van der Waals surface area contributed by atoms with Gasteiger partial charge in [-0.25, -0.2) is 4.39 Å². The Balaban J connectivity index is 2.94. The highest BCUT2D eigenvalue weighted by atomic mass is 79.9. The molecule has 0 heterocycles. The largest absolute Gasteiger partial charge is 0.330 e. The maximum Gasteiger partial charge on any atom is 0.140 e. The summed E-state index contributed by atoms with van der Waals surface area (Å²) in [5.41, 5.74) is 8.45. The van der Waals surface area contributed by atoms with Crippen LogP contribution in [0, 0.1) is 19.7 Å². The molecule has 0 aliphatic heterocycles. The average Bonchev–Trinajstić information content (AvgIpc) is 2.20. The molecule has 0 unspecified atom stereocenters. The van der Waals surface area contributed by atoms with Crippen LogP contribution in [0.4, 0.5) is 4.39 Å². The highest BCUT2D eigenvalue weighted by Crippen LogP contribution is 2.26. The summed E-state index contributed by atoms with van der Waals surface area (Å²) in [5, 5.41) is 0. The van der Waals surface area contributed by atoms with E-state index in [2.05, 4.69) is 15.9 Å². The second-order valence-electron chi connectivity index (χ2n) is 3.84. The van der Waals surface area contributed by atoms with E-state index in [1.807, 2.05) is 19.9 Å². The molecular formula is C12H17BrFN. The summed E-state index contributed by atoms with van der Waals surface area (Å²) in [6, 6.07) is 1.83. The fraction of sp³-hybridized carbons (Fsp3) is 0.500. The maximum atomic E-state index is 13.8. The molecule has 0 atom stereocenters. The van der Waals surface area contributed by atoms with Crippen molar-refractivity contribution >= 4 is 15.9 Å². The zero-order chi connectivity index (χ0) is 11.4. The van der Waals surface area contributed by atoms with Gasteiger partial charge in [0.15, 0.2) is 0 Å². The zero-order valence-corrected chi connectivity index (χ0v) is 10.8. The van der Waals surface area contributed by atoms with Gasteiger partial charge in [-0.05, 0) is 78.3 Å². The van der Waals surface area contributed by atoms with Crippen molar-refractivity contribution in [2.45, 2.75) is 33.1 Å². The van der Waals surface area contributed by atoms with Crippen LogP contribution < -0.4 is 5.73 Å². The van der Waals surface area contributed by atoms with Crippen molar-refractivity contribution in [3.63, 3.8) is 0 Å². The molecule has 0 bridgehead atoms. The Hall–Kier alpha value is -0.410. The molecule has 0 spiro atoms. The van der Waals surface area contributed by atoms with Crippen molar-refractivity contribution < 1.29 is 4.39 Å². The second-order valence-corrected chi connectivity index (χ2v) is 4.69. The lowest BCUT2D eigenvalue weighted by Crippen LogP contribution is -2.02. The topological polar surface area (TPSA) is 26.0 Å². The lowest BCUT2D eigenvalue weighted by atomic mass is 9.98. The standard InChI is InChI=1S/C12H17BrFN/c1-8-7-11(13)12(14)10(9(8)2)5-3-4-6-15/h7H,3-6,15H2,1-2H3. The highest BCUT2D eigenvalue weighted by Gasteiger charge is 2.11. The van der Waals surface area contributed by atoms with E-state index < -0.39 is 0 Å². The third kappa shape index (κ3) is 3.02. The summed E-state index contributed by atoms with van der Waals surface area (Å²) in [7, 11) is 0. The Morgan fingerprint density at radius 2 is 2.00 bits per heavy atom. The molecule has 3 heteroatoms. The molecule has 1 rings (SSSR count). The summed E-state index contributed by atoms with van der Waals surface area (Å²) in [4.78, 5) is 0. The molecule has 0 saturated heterocycles. The van der Waals surface area contributed by atoms with Gasteiger partial charge in [-0.15, -0.1) is 0 Å². The van der Waals surface area contributed by atoms with Gasteiger partial charge in [0.25, 0.3) is 0 Å². The molecule has 15 heavy (non-hydrogen) atoms. The Morgan fingerprint density at radius 3 is 2.60 bits per heavy atom. The van der Waals surface area contributed by atoms with Gasteiger partial charge in [0.1, 0.15) is 5.82 Å². The monoisotopic (exact) mass is 273 g/mol. The van der Waals surface area contributed by atoms with Crippen LogP contribution in [0.1, 0.15) is 29.5 Å². The van der Waals surface area contributed by atoms with E-state index in [9.17, 15) is 4.39 Å². The predicted molar refractivity (Wildman–Crippen MR) is 65.6 cm³/mol. The first kappa shape index (κ1) is 12.7. The number of halogens is 2. The Bertz CT molecular complexity index is 324. The lowest BCUT2D eigenvalue weighted by molar-refractivity contribution is 0.591. The van der Waals surface area contributed by atoms with Crippen LogP contribution in [0.15, 0.2) is 10.5 Å². The highest BCUT2D eigenvalue weighted by molar-refractivity contribution is 9.10. The third-order valence-corrected chi connectivity index (χ3v) is 3.32. The number of aryl methyl sites for hydroxylation is 1. The number of rotatable bonds is 4. The quantitative estimate of drug-likeness (QED) is 0.836. The van der Waals surface area contributed by atoms with Crippen LogP contribution >= 0.6 is 15.9 Å². The molecule has 0 saturated carbocycles. The molecule has 1 nitrogen and oxygen atoms in total. The number of hydrogen-bond acceptors (Lipinski definition) is 1. The smallest absolute Gasteiger partial charge is 0.140 e. The Labute approximate surface area is 99.0 Å². The van der Waals surface area contributed by atoms with Gasteiger partial charge in [-0.2, -0.15) is 0 Å². The van der Waals surface area contributed by atoms with Crippen molar-refractivity contribution in [1.82, 2.24) is 0 Å². The van der Waals surface area contributed by atoms with Crippen molar-refractivity contribution in [3.05, 3.63) is 33.0 Å². The number of hydrogen-bond donors (Lipinski definition) is 1. The van der Waals surface area contributed by atoms with Crippen molar-refractivity contribution in [1.29, 1.82) is 0 Å². The van der Waals surface area contributed by atoms with Crippen molar-refractivity contribution in [2.24, 2.45) is 5.73 Å². The van der Waals surface area contributed by atoms with Crippen LogP contribution in [-0.4, -0.2) is 6.54 Å². The minimum Gasteiger partial charge on any atom is -0.330 e. The van der Waals surface area contributed by atoms with Crippen molar-refractivity contribution in [3.8, 4) is 0 Å². The fourth-order valence-electron chi connectivity index (χ4n) is 1.65. The van der Waals surface area contributed by atoms with Crippen LogP contribution in [0.2, 0.25) is 0 Å². The summed E-state index contributed by atoms with van der Waals surface area (Å²) in [6.45, 7) is 4.66. The molecule has 0 fully saturated rings. The first-order valence-corrected chi connectivity index (χ1v) is 6.01. The summed E-state index contributed by atoms with van der Waals surface area (Å²) >= 11 is 3.24. The molecule has 0 amide bonds. The molecule has 0 aliphatic carbocycles. The number of benzene rings is 1. The first-order valence-electron chi connectivity index (χ1n) is 5.22. The van der Waals surface area contributed by atoms with E-state index in [0.717, 1.165) is 36.0 Å². The Kier molecular flexibility index (Phi) is 4.74. The van der Waals surface area contributed by atoms with Gasteiger partial charge < -0.3 is 5.73 Å². The van der Waals surface area contributed by atoms with Gasteiger partial charge in [-0.3, -0.25) is 0 Å². The molecule has 1 aromatic carbocycles. The van der Waals surface area contributed by atoms with E-state index in [-0.39, 0.29) is 5.82 Å². The van der Waals surface area contributed by atoms with Crippen molar-refractivity contribution in [2.75, 3.05) is 6.54 Å². The van der Waals surface area contributed by atoms with Crippen LogP contribution in [0.25, 0.3) is 0 Å². The SMILES string of the molecule is Cc1cc(Br)c(F)c(CCCCN)c1C. The molecular weight excluding hydrogens is 257 g/mol. The minimum atomic E-state index is -0.116. The molecule has 0 aliphatic rings. The predicted octanol–water partition coefficient (Wildman–Crippen LogP) is 3.49. The molecule has 0 aromatic heterocycles. The van der Waals surface area contributed by atoms with Gasteiger partial charge >= 0.3 is 0 Å². The molecule has 0 radical (unpaired) electrons. The molecule has 84 valence electrons. The first-order chi connectivity index (χ1) is 7.07. The van der Waals surface area contributed by atoms with Crippen LogP contribution in [-0.2, 0) is 6.42 Å². The van der Waals surface area contributed by atoms with Gasteiger partial charge in [0, 0.05) is 0 Å². The fourth-order valence-corrected chi connectivity index (χ4v) is 2.23. The van der Waals surface area contributed by atoms with Gasteiger partial charge in [-0.1, -0.05) is 0 Å². The molecule has 1 aromatic rings. The third-order valence-electron chi connectivity index (χ3n) is 2.74. The van der Waals surface area contributed by atoms with E-state index in [1.54, 1.807) is 0 Å². The Morgan fingerprint density at radius 1 is 1.33 bits per heavy atom. The van der Waals surface area contributed by atoms with E-state index in [0.29, 0.717) is 11.0 Å². The van der Waals surface area contributed by atoms with E-state index >= 15 is 0 Å². The minimum absolute atomic E-state index is 0.116. The summed E-state index contributed by atoms with van der Waals surface area (Å²) in [6.07, 6.45) is 2.67. The van der Waals surface area contributed by atoms with Gasteiger partial charge in [0.2, 0.25) is 0 Å². The number of nitrogens with two attached hydrogens (primary N) is 1. The van der Waals surface area contributed by atoms with E-state index in [4.69, 9.17) is 5.73 Å². The van der Waals surface area contributed by atoms with E-state index in [1.165, 1.54) is 0 Å². The zero-order valence-electron chi connectivity index (χ0n) is 9.24. The maximum absolute atomic E-state index is 13.8. The second kappa shape index (κ2) is 5.61. The summed E-state index contributed by atoms with van der Waals surface area (Å²) < 4.78 is 14.4. The number of unbranched alkanes of at least 4 members (excludes halogenated alkanes) is 1. The van der Waals surface area contributed by atoms with Crippen LogP contribution in [0.5, 0.6) is 0 Å².